The van der Waals surface area contributed by atoms with Crippen LogP contribution in [0.4, 0.5) is 34.1 Å². The van der Waals surface area contributed by atoms with Crippen LogP contribution in [0.3, 0.4) is 0 Å². The van der Waals surface area contributed by atoms with E-state index >= 15 is 0 Å². The molecule has 9 aromatic carbocycles. The van der Waals surface area contributed by atoms with E-state index in [1.807, 2.05) is 0 Å². The smallest absolute Gasteiger partial charge is 0.252 e. The minimum atomic E-state index is 0.0297. The molecule has 3 heteroatoms. The van der Waals surface area contributed by atoms with Crippen LogP contribution in [-0.4, -0.2) is 6.71 Å². The molecule has 1 fully saturated rings. The fourth-order valence-electron chi connectivity index (χ4n) is 12.9. The molecule has 4 aliphatic rings. The molecular weight excluding hydrogens is 856 g/mol. The number of nitrogens with zero attached hydrogens (tertiary/aromatic N) is 2. The Balaban J connectivity index is 1.12. The molecule has 2 nitrogen and oxygen atoms in total. The molecule has 2 heterocycles. The van der Waals surface area contributed by atoms with Crippen molar-refractivity contribution in [2.45, 2.75) is 89.4 Å². The second-order valence-electron chi connectivity index (χ2n) is 22.2. The zero-order valence-corrected chi connectivity index (χ0v) is 41.6. The van der Waals surface area contributed by atoms with Gasteiger partial charge in [-0.3, -0.25) is 0 Å². The Bertz CT molecular complexity index is 3350. The lowest BCUT2D eigenvalue weighted by molar-refractivity contribution is 0.332. The van der Waals surface area contributed by atoms with E-state index in [9.17, 15) is 0 Å². The van der Waals surface area contributed by atoms with E-state index in [2.05, 4.69) is 244 Å². The van der Waals surface area contributed by atoms with Crippen molar-refractivity contribution in [3.8, 4) is 44.5 Å². The first-order chi connectivity index (χ1) is 34.7. The fraction of sp³-hybridized carbons (Fsp3) is 0.206. The Hall–Kier alpha value is -7.36. The quantitative estimate of drug-likeness (QED) is 0.147. The van der Waals surface area contributed by atoms with Gasteiger partial charge < -0.3 is 9.80 Å². The van der Waals surface area contributed by atoms with E-state index < -0.39 is 0 Å². The lowest BCUT2D eigenvalue weighted by Crippen LogP contribution is -2.61. The summed E-state index contributed by atoms with van der Waals surface area (Å²) in [5, 5.41) is 0. The van der Waals surface area contributed by atoms with Gasteiger partial charge in [0.25, 0.3) is 6.71 Å². The molecular formula is C68H61BN2. The highest BCUT2D eigenvalue weighted by molar-refractivity contribution is 7.00. The number of hydrogen-bond acceptors (Lipinski definition) is 2. The summed E-state index contributed by atoms with van der Waals surface area (Å²) in [5.74, 6) is 0.569. The highest BCUT2D eigenvalue weighted by atomic mass is 15.2. The summed E-state index contributed by atoms with van der Waals surface area (Å²) in [4.78, 5) is 5.30. The van der Waals surface area contributed by atoms with Crippen LogP contribution >= 0.6 is 0 Å². The Morgan fingerprint density at radius 2 is 0.789 bits per heavy atom. The van der Waals surface area contributed by atoms with Crippen LogP contribution in [0.1, 0.15) is 95.2 Å². The minimum absolute atomic E-state index is 0.0297. The maximum absolute atomic E-state index is 2.68. The Kier molecular flexibility index (Phi) is 10.6. The standard InChI is InChI=1S/C68H61BN2/c1-67(2)35-36-68(3,4)59-45-65-61(44-58(59)67)69-60-34-33-51(46-21-10-5-11-22-46)43-64(60)70(56-39-52(47-23-12-6-13-24-47)37-53(40-56)48-25-14-7-15-26-48)62-31-20-32-63(66(62)69)71(65)57-41-54(49-27-16-8-17-28-49)38-55(42-57)50-29-18-9-19-30-50/h6-9,12-20,23-34,37-46H,5,10-11,21-22,35-36H2,1-4H3. The summed E-state index contributed by atoms with van der Waals surface area (Å²) in [5.41, 5.74) is 25.9. The molecule has 0 aromatic heterocycles. The van der Waals surface area contributed by atoms with E-state index in [1.54, 1.807) is 0 Å². The van der Waals surface area contributed by atoms with Gasteiger partial charge in [0.1, 0.15) is 0 Å². The van der Waals surface area contributed by atoms with Crippen LogP contribution in [0, 0.1) is 0 Å². The second kappa shape index (κ2) is 17.2. The molecule has 0 saturated heterocycles. The second-order valence-corrected chi connectivity index (χ2v) is 22.2. The molecule has 1 saturated carbocycles. The number of anilines is 6. The molecule has 0 spiro atoms. The fourth-order valence-corrected chi connectivity index (χ4v) is 12.9. The Morgan fingerprint density at radius 3 is 1.24 bits per heavy atom. The van der Waals surface area contributed by atoms with E-state index in [0.29, 0.717) is 5.92 Å². The number of benzene rings is 9. The van der Waals surface area contributed by atoms with Crippen LogP contribution in [0.25, 0.3) is 44.5 Å². The average Bonchev–Trinajstić information content (AvgIpc) is 3.42. The van der Waals surface area contributed by atoms with Crippen molar-refractivity contribution in [2.24, 2.45) is 0 Å². The van der Waals surface area contributed by atoms with Crippen LogP contribution in [0.15, 0.2) is 206 Å². The van der Waals surface area contributed by atoms with Gasteiger partial charge in [0.2, 0.25) is 0 Å². The number of hydrogen-bond donors (Lipinski definition) is 0. The molecule has 0 unspecified atom stereocenters. The van der Waals surface area contributed by atoms with Gasteiger partial charge in [0, 0.05) is 34.1 Å². The van der Waals surface area contributed by atoms with E-state index in [0.717, 1.165) is 12.8 Å². The summed E-state index contributed by atoms with van der Waals surface area (Å²) in [6.07, 6.45) is 8.78. The van der Waals surface area contributed by atoms with Gasteiger partial charge in [0.05, 0.1) is 0 Å². The summed E-state index contributed by atoms with van der Waals surface area (Å²) in [6.45, 7) is 9.95. The van der Waals surface area contributed by atoms with Crippen LogP contribution in [-0.2, 0) is 10.8 Å². The van der Waals surface area contributed by atoms with Gasteiger partial charge in [-0.05, 0) is 181 Å². The zero-order chi connectivity index (χ0) is 47.8. The summed E-state index contributed by atoms with van der Waals surface area (Å²) in [7, 11) is 0. The minimum Gasteiger partial charge on any atom is -0.311 e. The van der Waals surface area contributed by atoms with Crippen molar-refractivity contribution in [1.29, 1.82) is 0 Å². The first-order valence-corrected chi connectivity index (χ1v) is 26.3. The molecule has 0 N–H and O–H groups in total. The van der Waals surface area contributed by atoms with Crippen LogP contribution in [0.2, 0.25) is 0 Å². The number of fused-ring (bicyclic) bond motifs is 5. The highest BCUT2D eigenvalue weighted by Crippen LogP contribution is 2.52. The van der Waals surface area contributed by atoms with E-state index in [4.69, 9.17) is 0 Å². The van der Waals surface area contributed by atoms with Crippen molar-refractivity contribution in [2.75, 3.05) is 9.80 Å². The summed E-state index contributed by atoms with van der Waals surface area (Å²) < 4.78 is 0. The molecule has 0 atom stereocenters. The molecule has 346 valence electrons. The monoisotopic (exact) mass is 916 g/mol. The lowest BCUT2D eigenvalue weighted by Gasteiger charge is -2.47. The Morgan fingerprint density at radius 1 is 0.366 bits per heavy atom. The predicted molar refractivity (Wildman–Crippen MR) is 303 cm³/mol. The summed E-state index contributed by atoms with van der Waals surface area (Å²) in [6, 6.07) is 78.5. The maximum Gasteiger partial charge on any atom is 0.252 e. The van der Waals surface area contributed by atoms with Crippen molar-refractivity contribution < 1.29 is 0 Å². The molecule has 0 radical (unpaired) electrons. The highest BCUT2D eigenvalue weighted by Gasteiger charge is 2.46. The van der Waals surface area contributed by atoms with Gasteiger partial charge in [-0.15, -0.1) is 0 Å². The van der Waals surface area contributed by atoms with Gasteiger partial charge >= 0.3 is 0 Å². The molecule has 2 aliphatic heterocycles. The number of rotatable bonds is 7. The average molecular weight is 917 g/mol. The Labute approximate surface area is 421 Å². The largest absolute Gasteiger partial charge is 0.311 e. The van der Waals surface area contributed by atoms with E-state index in [1.165, 1.54) is 144 Å². The van der Waals surface area contributed by atoms with Crippen LogP contribution < -0.4 is 26.2 Å². The normalized spacial score (nSPS) is 16.4. The molecule has 0 amide bonds. The summed E-state index contributed by atoms with van der Waals surface area (Å²) >= 11 is 0. The third-order valence-corrected chi connectivity index (χ3v) is 16.8. The predicted octanol–water partition coefficient (Wildman–Crippen LogP) is 16.8. The zero-order valence-electron chi connectivity index (χ0n) is 41.6. The first-order valence-electron chi connectivity index (χ1n) is 26.3. The molecule has 9 aromatic rings. The van der Waals surface area contributed by atoms with Gasteiger partial charge in [0.15, 0.2) is 0 Å². The molecule has 0 bridgehead atoms. The maximum atomic E-state index is 2.68. The van der Waals surface area contributed by atoms with Gasteiger partial charge in [-0.2, -0.15) is 0 Å². The topological polar surface area (TPSA) is 6.48 Å². The third-order valence-electron chi connectivity index (χ3n) is 16.8. The SMILES string of the molecule is CC1(C)CCC(C)(C)c2cc3c(cc21)B1c2ccc(C4CCCCC4)cc2N(c2cc(-c4ccccc4)cc(-c4ccccc4)c2)c2cccc(c21)N3c1cc(-c2ccccc2)cc(-c2ccccc2)c1. The third kappa shape index (κ3) is 7.55. The van der Waals surface area contributed by atoms with Crippen molar-refractivity contribution in [1.82, 2.24) is 0 Å². The molecule has 71 heavy (non-hydrogen) atoms. The first kappa shape index (κ1) is 43.6. The van der Waals surface area contributed by atoms with Crippen molar-refractivity contribution in [3.63, 3.8) is 0 Å². The van der Waals surface area contributed by atoms with Crippen molar-refractivity contribution >= 4 is 57.2 Å². The lowest BCUT2D eigenvalue weighted by atomic mass is 9.33. The van der Waals surface area contributed by atoms with Crippen LogP contribution in [0.5, 0.6) is 0 Å². The van der Waals surface area contributed by atoms with Gasteiger partial charge in [-0.1, -0.05) is 193 Å². The molecule has 2 aliphatic carbocycles. The van der Waals surface area contributed by atoms with Gasteiger partial charge in [-0.25, -0.2) is 0 Å². The van der Waals surface area contributed by atoms with Crippen molar-refractivity contribution in [3.05, 3.63) is 223 Å². The van der Waals surface area contributed by atoms with E-state index in [-0.39, 0.29) is 17.5 Å². The molecule has 13 rings (SSSR count).